The van der Waals surface area contributed by atoms with Gasteiger partial charge in [-0.1, -0.05) is 145 Å². The summed E-state index contributed by atoms with van der Waals surface area (Å²) in [6, 6.07) is 13.5. The summed E-state index contributed by atoms with van der Waals surface area (Å²) in [5, 5.41) is 0.964. The van der Waals surface area contributed by atoms with Crippen LogP contribution in [0.1, 0.15) is 23.3 Å². The van der Waals surface area contributed by atoms with Gasteiger partial charge in [-0.2, -0.15) is 0 Å². The highest BCUT2D eigenvalue weighted by atomic mass is 16.3. The van der Waals surface area contributed by atoms with Gasteiger partial charge in [0, 0.05) is 22.1 Å². The summed E-state index contributed by atoms with van der Waals surface area (Å²) in [4.78, 5) is 1.17. The Morgan fingerprint density at radius 2 is 1.22 bits per heavy atom. The highest BCUT2D eigenvalue weighted by molar-refractivity contribution is 6.22. The zero-order valence-electron chi connectivity index (χ0n) is 42.9. The molecule has 0 aliphatic carbocycles. The Kier molecular flexibility index (Phi) is 3.72. The van der Waals surface area contributed by atoms with Crippen LogP contribution in [0, 0.1) is 0 Å². The lowest BCUT2D eigenvalue weighted by Crippen LogP contribution is -2.10. The lowest BCUT2D eigenvalue weighted by Gasteiger charge is -2.27. The lowest BCUT2D eigenvalue weighted by molar-refractivity contribution is 0.672. The van der Waals surface area contributed by atoms with Crippen molar-refractivity contribution in [2.24, 2.45) is 0 Å². The number of hydrogen-bond acceptors (Lipinski definition) is 2. The van der Waals surface area contributed by atoms with Gasteiger partial charge < -0.3 is 9.32 Å². The van der Waals surface area contributed by atoms with Crippen molar-refractivity contribution < 1.29 is 27.7 Å². The van der Waals surface area contributed by atoms with Gasteiger partial charge in [-0.05, 0) is 91.6 Å². The first kappa shape index (κ1) is 16.2. The van der Waals surface area contributed by atoms with Gasteiger partial charge in [0.25, 0.3) is 0 Å². The summed E-state index contributed by atoms with van der Waals surface area (Å²) in [5.41, 5.74) is 0.789. The third kappa shape index (κ3) is 4.57. The van der Waals surface area contributed by atoms with Crippen LogP contribution in [-0.2, 0) is 0 Å². The third-order valence-corrected chi connectivity index (χ3v) is 8.74. The minimum absolute atomic E-state index is 0.0867. The number of furan rings is 1. The van der Waals surface area contributed by atoms with E-state index in [1.165, 1.54) is 4.90 Å². The molecule has 0 radical (unpaired) electrons. The fourth-order valence-corrected chi connectivity index (χ4v) is 6.51. The minimum atomic E-state index is -0.736. The van der Waals surface area contributed by atoms with Crippen LogP contribution in [0.5, 0.6) is 0 Å². The molecule has 0 unspecified atom stereocenters. The first-order valence-electron chi connectivity index (χ1n) is 24.2. The lowest BCUT2D eigenvalue weighted by atomic mass is 9.95. The Balaban J connectivity index is 1.39. The average molecular weight is 655 g/mol. The maximum atomic E-state index is 9.88. The van der Waals surface area contributed by atoms with Crippen LogP contribution in [0.3, 0.4) is 0 Å². The molecule has 10 rings (SSSR count). The smallest absolute Gasteiger partial charge is 0.143 e. The van der Waals surface area contributed by atoms with Crippen molar-refractivity contribution in [3.05, 3.63) is 188 Å². The molecule has 0 atom stereocenters. The van der Waals surface area contributed by atoms with Crippen LogP contribution in [0.4, 0.5) is 17.1 Å². The SMILES string of the molecule is [2H]c1cc(-c2c([2H])c([2H])c([2H])c([2H])c2[2H])c([2H])c([2H])c1N(c1c([2H])c([2H])c2c(c1[2H])c([2H])c([2H])c1c([2H])c([2H])c([2H])c([2H])c12)c1cccc2oc3c4ccccc4c(-c4ccccc4)cc3c12. The molecule has 9 aromatic carbocycles. The van der Waals surface area contributed by atoms with Crippen molar-refractivity contribution >= 4 is 71.3 Å². The summed E-state index contributed by atoms with van der Waals surface area (Å²) >= 11 is 0. The molecule has 0 spiro atoms. The molecule has 0 fully saturated rings. The van der Waals surface area contributed by atoms with E-state index in [0.717, 1.165) is 28.0 Å². The van der Waals surface area contributed by atoms with Gasteiger partial charge in [-0.25, -0.2) is 0 Å². The van der Waals surface area contributed by atoms with Gasteiger partial charge in [0.2, 0.25) is 0 Å². The molecule has 0 N–H and O–H groups in total. The molecule has 234 valence electrons. The predicted octanol–water partition coefficient (Wildman–Crippen LogP) is 13.8. The summed E-state index contributed by atoms with van der Waals surface area (Å²) in [6.45, 7) is 0. The highest BCUT2D eigenvalue weighted by Gasteiger charge is 2.22. The quantitative estimate of drug-likeness (QED) is 0.172. The summed E-state index contributed by atoms with van der Waals surface area (Å²) in [5.74, 6) is 0. The maximum absolute atomic E-state index is 9.88. The zero-order valence-corrected chi connectivity index (χ0v) is 25.9. The van der Waals surface area contributed by atoms with Crippen LogP contribution in [-0.4, -0.2) is 0 Å². The molecule has 1 aromatic heterocycles. The van der Waals surface area contributed by atoms with E-state index < -0.39 is 125 Å². The summed E-state index contributed by atoms with van der Waals surface area (Å²) in [6.07, 6.45) is 0. The number of hydrogen-bond donors (Lipinski definition) is 0. The van der Waals surface area contributed by atoms with Crippen molar-refractivity contribution in [2.45, 2.75) is 0 Å². The first-order chi connectivity index (χ1) is 31.9. The van der Waals surface area contributed by atoms with Gasteiger partial charge in [-0.3, -0.25) is 0 Å². The third-order valence-electron chi connectivity index (χ3n) is 8.74. The molecule has 0 amide bonds. The van der Waals surface area contributed by atoms with E-state index in [4.69, 9.17) is 18.1 Å². The minimum Gasteiger partial charge on any atom is -0.455 e. The van der Waals surface area contributed by atoms with E-state index >= 15 is 0 Å². The van der Waals surface area contributed by atoms with Gasteiger partial charge in [0.15, 0.2) is 0 Å². The van der Waals surface area contributed by atoms with Crippen molar-refractivity contribution in [1.82, 2.24) is 0 Å². The molecule has 0 saturated carbocycles. The zero-order chi connectivity index (χ0) is 47.8. The van der Waals surface area contributed by atoms with Crippen molar-refractivity contribution in [1.29, 1.82) is 0 Å². The second kappa shape index (κ2) is 11.5. The van der Waals surface area contributed by atoms with Gasteiger partial charge >= 0.3 is 0 Å². The predicted molar refractivity (Wildman–Crippen MR) is 212 cm³/mol. The Hall–Kier alpha value is -6.64. The van der Waals surface area contributed by atoms with Crippen LogP contribution in [0.2, 0.25) is 0 Å². The normalized spacial score (nSPS) is 16.4. The molecule has 10 aromatic rings. The number of fused-ring (bicyclic) bond motifs is 8. The molecule has 2 nitrogen and oxygen atoms in total. The molecule has 0 bridgehead atoms. The van der Waals surface area contributed by atoms with Gasteiger partial charge in [-0.15, -0.1) is 0 Å². The second-order valence-electron chi connectivity index (χ2n) is 11.6. The molecule has 0 aliphatic heterocycles. The second-order valence-corrected chi connectivity index (χ2v) is 11.6. The van der Waals surface area contributed by atoms with Crippen LogP contribution >= 0.6 is 0 Å². The Bertz CT molecular complexity index is 3820. The van der Waals surface area contributed by atoms with E-state index in [-0.39, 0.29) is 33.0 Å². The first-order valence-corrected chi connectivity index (χ1v) is 15.7. The molecular formula is C48H31NO. The topological polar surface area (TPSA) is 16.4 Å². The molecule has 0 saturated heterocycles. The van der Waals surface area contributed by atoms with Gasteiger partial charge in [0.05, 0.1) is 34.4 Å². The summed E-state index contributed by atoms with van der Waals surface area (Å²) in [7, 11) is 0. The largest absolute Gasteiger partial charge is 0.455 e. The van der Waals surface area contributed by atoms with Gasteiger partial charge in [0.1, 0.15) is 11.2 Å². The molecule has 2 heteroatoms. The Labute approximate surface area is 314 Å². The van der Waals surface area contributed by atoms with Crippen LogP contribution in [0.25, 0.3) is 76.5 Å². The van der Waals surface area contributed by atoms with E-state index in [9.17, 15) is 9.60 Å². The molecule has 0 aliphatic rings. The standard InChI is InChI=1S/C48H31NO/c1-3-12-32(13-4-1)33-24-26-37(27-25-33)49(38-28-29-40-36(30-38)23-22-35-16-7-8-17-39(35)40)45-20-11-21-46-47(45)44-31-43(34-14-5-2-6-15-34)41-18-9-10-19-42(41)48(44)50-46/h1-31H/i1D,3D,4D,7D,8D,12D,13D,16D,17D,22D,23D,24D,26D,27D,28D,29D,30D. The monoisotopic (exact) mass is 654 g/mol. The number of anilines is 3. The Morgan fingerprint density at radius 3 is 2.12 bits per heavy atom. The number of rotatable bonds is 5. The van der Waals surface area contributed by atoms with Crippen LogP contribution < -0.4 is 4.90 Å². The van der Waals surface area contributed by atoms with E-state index in [2.05, 4.69) is 0 Å². The van der Waals surface area contributed by atoms with E-state index in [0.29, 0.717) is 16.4 Å². The molecular weight excluding hydrogens is 607 g/mol. The van der Waals surface area contributed by atoms with E-state index in [1.807, 2.05) is 60.7 Å². The van der Waals surface area contributed by atoms with Crippen molar-refractivity contribution in [3.63, 3.8) is 0 Å². The average Bonchev–Trinajstić information content (AvgIpc) is 3.71. The fourth-order valence-electron chi connectivity index (χ4n) is 6.51. The van der Waals surface area contributed by atoms with Crippen molar-refractivity contribution in [3.8, 4) is 22.3 Å². The van der Waals surface area contributed by atoms with E-state index in [1.54, 1.807) is 18.2 Å². The Morgan fingerprint density at radius 1 is 0.460 bits per heavy atom. The van der Waals surface area contributed by atoms with Crippen molar-refractivity contribution in [2.75, 3.05) is 4.90 Å². The molecule has 50 heavy (non-hydrogen) atoms. The number of nitrogens with zero attached hydrogens (tertiary/aromatic N) is 1. The van der Waals surface area contributed by atoms with Crippen LogP contribution in [0.15, 0.2) is 192 Å². The maximum Gasteiger partial charge on any atom is 0.143 e. The summed E-state index contributed by atoms with van der Waals surface area (Å²) < 4.78 is 159. The molecule has 1 heterocycles. The number of benzene rings is 9. The fraction of sp³-hybridized carbons (Fsp3) is 0. The highest BCUT2D eigenvalue weighted by Crippen LogP contribution is 2.47.